The van der Waals surface area contributed by atoms with Gasteiger partial charge in [0.15, 0.2) is 0 Å². The second-order valence-electron chi connectivity index (χ2n) is 3.60. The number of hydrogen-bond donors (Lipinski definition) is 1. The highest BCUT2D eigenvalue weighted by Gasteiger charge is 1.98. The van der Waals surface area contributed by atoms with Gasteiger partial charge in [0.1, 0.15) is 5.82 Å². The molecule has 2 N–H and O–H groups in total. The van der Waals surface area contributed by atoms with Gasteiger partial charge < -0.3 is 5.73 Å². The molecule has 0 aliphatic heterocycles. The van der Waals surface area contributed by atoms with Crippen molar-refractivity contribution in [3.63, 3.8) is 0 Å². The van der Waals surface area contributed by atoms with Gasteiger partial charge >= 0.3 is 0 Å². The van der Waals surface area contributed by atoms with Gasteiger partial charge in [0.25, 0.3) is 0 Å². The van der Waals surface area contributed by atoms with E-state index in [-0.39, 0.29) is 0 Å². The molecule has 1 heterocycles. The standard InChI is InChI=1S/C12H15N3/c1-2-3-10-4-6-11(7-5-10)15-9-8-12(13)14-15/h4-9H,2-3H2,1H3,(H2,13,14). The summed E-state index contributed by atoms with van der Waals surface area (Å²) >= 11 is 0. The summed E-state index contributed by atoms with van der Waals surface area (Å²) in [6.07, 6.45) is 4.17. The Bertz CT molecular complexity index is 428. The molecule has 0 unspecified atom stereocenters. The van der Waals surface area contributed by atoms with E-state index in [2.05, 4.69) is 36.3 Å². The van der Waals surface area contributed by atoms with E-state index in [1.165, 1.54) is 12.0 Å². The molecule has 0 aliphatic rings. The van der Waals surface area contributed by atoms with Crippen LogP contribution in [0.4, 0.5) is 5.82 Å². The zero-order chi connectivity index (χ0) is 10.7. The smallest absolute Gasteiger partial charge is 0.145 e. The third-order valence-electron chi connectivity index (χ3n) is 2.35. The summed E-state index contributed by atoms with van der Waals surface area (Å²) < 4.78 is 1.78. The van der Waals surface area contributed by atoms with Crippen molar-refractivity contribution in [2.75, 3.05) is 5.73 Å². The molecule has 2 aromatic rings. The number of anilines is 1. The van der Waals surface area contributed by atoms with Crippen molar-refractivity contribution in [2.45, 2.75) is 19.8 Å². The SMILES string of the molecule is CCCc1ccc(-n2ccc(N)n2)cc1. The first-order valence-electron chi connectivity index (χ1n) is 5.20. The molecule has 0 atom stereocenters. The summed E-state index contributed by atoms with van der Waals surface area (Å²) in [4.78, 5) is 0. The monoisotopic (exact) mass is 201 g/mol. The Kier molecular flexibility index (Phi) is 2.72. The second-order valence-corrected chi connectivity index (χ2v) is 3.60. The third kappa shape index (κ3) is 2.18. The number of nitrogens with two attached hydrogens (primary N) is 1. The summed E-state index contributed by atoms with van der Waals surface area (Å²) in [6, 6.07) is 10.2. The van der Waals surface area contributed by atoms with Crippen LogP contribution in [0, 0.1) is 0 Å². The van der Waals surface area contributed by atoms with E-state index in [1.807, 2.05) is 6.20 Å². The van der Waals surface area contributed by atoms with Crippen LogP contribution in [0.2, 0.25) is 0 Å². The van der Waals surface area contributed by atoms with Crippen molar-refractivity contribution in [1.29, 1.82) is 0 Å². The van der Waals surface area contributed by atoms with Crippen molar-refractivity contribution < 1.29 is 0 Å². The Labute approximate surface area is 89.5 Å². The molecule has 2 rings (SSSR count). The van der Waals surface area contributed by atoms with Gasteiger partial charge in [0, 0.05) is 12.3 Å². The van der Waals surface area contributed by atoms with Gasteiger partial charge in [-0.2, -0.15) is 5.10 Å². The highest BCUT2D eigenvalue weighted by atomic mass is 15.3. The lowest BCUT2D eigenvalue weighted by Gasteiger charge is -2.02. The molecule has 0 bridgehead atoms. The lowest BCUT2D eigenvalue weighted by Crippen LogP contribution is -1.96. The van der Waals surface area contributed by atoms with Crippen LogP contribution in [0.3, 0.4) is 0 Å². The van der Waals surface area contributed by atoms with Gasteiger partial charge in [-0.15, -0.1) is 0 Å². The van der Waals surface area contributed by atoms with Crippen LogP contribution in [-0.4, -0.2) is 9.78 Å². The normalized spacial score (nSPS) is 10.5. The molecule has 0 fully saturated rings. The van der Waals surface area contributed by atoms with E-state index in [0.717, 1.165) is 12.1 Å². The molecule has 15 heavy (non-hydrogen) atoms. The fourth-order valence-electron chi connectivity index (χ4n) is 1.59. The van der Waals surface area contributed by atoms with Crippen LogP contribution in [0.5, 0.6) is 0 Å². The van der Waals surface area contributed by atoms with E-state index in [1.54, 1.807) is 10.7 Å². The van der Waals surface area contributed by atoms with Gasteiger partial charge in [-0.25, -0.2) is 4.68 Å². The number of rotatable bonds is 3. The van der Waals surface area contributed by atoms with Crippen molar-refractivity contribution in [3.8, 4) is 5.69 Å². The number of hydrogen-bond acceptors (Lipinski definition) is 2. The van der Waals surface area contributed by atoms with Gasteiger partial charge in [-0.05, 0) is 24.1 Å². The van der Waals surface area contributed by atoms with Crippen molar-refractivity contribution in [1.82, 2.24) is 9.78 Å². The first kappa shape index (κ1) is 9.77. The average Bonchev–Trinajstić information content (AvgIpc) is 2.67. The first-order chi connectivity index (χ1) is 7.29. The highest BCUT2D eigenvalue weighted by molar-refractivity contribution is 5.36. The van der Waals surface area contributed by atoms with Crippen LogP contribution in [0.15, 0.2) is 36.5 Å². The predicted octanol–water partition coefficient (Wildman–Crippen LogP) is 2.41. The van der Waals surface area contributed by atoms with Gasteiger partial charge in [0.05, 0.1) is 5.69 Å². The molecule has 0 saturated carbocycles. The average molecular weight is 201 g/mol. The first-order valence-corrected chi connectivity index (χ1v) is 5.20. The summed E-state index contributed by atoms with van der Waals surface area (Å²) in [7, 11) is 0. The molecule has 0 saturated heterocycles. The van der Waals surface area contributed by atoms with Crippen LogP contribution >= 0.6 is 0 Å². The molecular weight excluding hydrogens is 186 g/mol. The molecule has 3 heteroatoms. The number of aryl methyl sites for hydroxylation is 1. The van der Waals surface area contributed by atoms with Crippen molar-refractivity contribution >= 4 is 5.82 Å². The van der Waals surface area contributed by atoms with Crippen LogP contribution in [-0.2, 0) is 6.42 Å². The van der Waals surface area contributed by atoms with Crippen molar-refractivity contribution in [2.24, 2.45) is 0 Å². The minimum absolute atomic E-state index is 0.549. The maximum atomic E-state index is 5.56. The fraction of sp³-hybridized carbons (Fsp3) is 0.250. The summed E-state index contributed by atoms with van der Waals surface area (Å²) in [5.74, 6) is 0.549. The number of aromatic nitrogens is 2. The number of nitrogens with zero attached hydrogens (tertiary/aromatic N) is 2. The lowest BCUT2D eigenvalue weighted by molar-refractivity contribution is 0.879. The second kappa shape index (κ2) is 4.17. The molecule has 0 spiro atoms. The molecule has 0 amide bonds. The summed E-state index contributed by atoms with van der Waals surface area (Å²) in [5.41, 5.74) is 7.97. The van der Waals surface area contributed by atoms with Gasteiger partial charge in [0.2, 0.25) is 0 Å². The predicted molar refractivity (Wildman–Crippen MR) is 62.0 cm³/mol. The Balaban J connectivity index is 2.23. The maximum absolute atomic E-state index is 5.56. The molecule has 0 aliphatic carbocycles. The van der Waals surface area contributed by atoms with E-state index < -0.39 is 0 Å². The highest BCUT2D eigenvalue weighted by Crippen LogP contribution is 2.11. The molecule has 0 radical (unpaired) electrons. The maximum Gasteiger partial charge on any atom is 0.145 e. The summed E-state index contributed by atoms with van der Waals surface area (Å²) in [6.45, 7) is 2.18. The third-order valence-corrected chi connectivity index (χ3v) is 2.35. The zero-order valence-corrected chi connectivity index (χ0v) is 8.85. The number of nitrogen functional groups attached to an aromatic ring is 1. The fourth-order valence-corrected chi connectivity index (χ4v) is 1.59. The molecule has 3 nitrogen and oxygen atoms in total. The molecule has 1 aromatic heterocycles. The van der Waals surface area contributed by atoms with Gasteiger partial charge in [-0.1, -0.05) is 25.5 Å². The largest absolute Gasteiger partial charge is 0.382 e. The minimum Gasteiger partial charge on any atom is -0.382 e. The Morgan fingerprint density at radius 1 is 1.20 bits per heavy atom. The van der Waals surface area contributed by atoms with Crippen LogP contribution in [0.25, 0.3) is 5.69 Å². The Morgan fingerprint density at radius 3 is 2.47 bits per heavy atom. The zero-order valence-electron chi connectivity index (χ0n) is 8.85. The van der Waals surface area contributed by atoms with Crippen LogP contribution in [0.1, 0.15) is 18.9 Å². The minimum atomic E-state index is 0.549. The lowest BCUT2D eigenvalue weighted by atomic mass is 10.1. The topological polar surface area (TPSA) is 43.8 Å². The van der Waals surface area contributed by atoms with E-state index >= 15 is 0 Å². The van der Waals surface area contributed by atoms with Crippen LogP contribution < -0.4 is 5.73 Å². The van der Waals surface area contributed by atoms with E-state index in [4.69, 9.17) is 5.73 Å². The van der Waals surface area contributed by atoms with Gasteiger partial charge in [-0.3, -0.25) is 0 Å². The quantitative estimate of drug-likeness (QED) is 0.828. The molecule has 78 valence electrons. The van der Waals surface area contributed by atoms with E-state index in [9.17, 15) is 0 Å². The Hall–Kier alpha value is -1.77. The Morgan fingerprint density at radius 2 is 1.93 bits per heavy atom. The summed E-state index contributed by atoms with van der Waals surface area (Å²) in [5, 5.41) is 4.15. The van der Waals surface area contributed by atoms with E-state index in [0.29, 0.717) is 5.82 Å². The van der Waals surface area contributed by atoms with Crippen molar-refractivity contribution in [3.05, 3.63) is 42.1 Å². The number of benzene rings is 1. The molecular formula is C12H15N3. The molecule has 1 aromatic carbocycles.